The maximum absolute atomic E-state index is 4.72. The molecule has 0 N–H and O–H groups in total. The lowest BCUT2D eigenvalue weighted by Crippen LogP contribution is -2.21. The Bertz CT molecular complexity index is 1160. The minimum absolute atomic E-state index is 0.704. The summed E-state index contributed by atoms with van der Waals surface area (Å²) in [6.07, 6.45) is 2.17. The number of rotatable bonds is 5. The van der Waals surface area contributed by atoms with Gasteiger partial charge in [0.2, 0.25) is 0 Å². The van der Waals surface area contributed by atoms with Crippen LogP contribution in [0.25, 0.3) is 33.2 Å². The number of anilines is 1. The van der Waals surface area contributed by atoms with Gasteiger partial charge in [-0.05, 0) is 68.3 Å². The first-order valence-electron chi connectivity index (χ1n) is 9.35. The maximum atomic E-state index is 4.72. The molecule has 0 unspecified atom stereocenters. The van der Waals surface area contributed by atoms with Crippen molar-refractivity contribution in [2.45, 2.75) is 20.8 Å². The summed E-state index contributed by atoms with van der Waals surface area (Å²) < 4.78 is 0.994. The highest BCUT2D eigenvalue weighted by atomic mass is 79.9. The highest BCUT2D eigenvalue weighted by Gasteiger charge is 2.10. The molecular formula is C22H21BrN4S. The van der Waals surface area contributed by atoms with Crippen LogP contribution in [0.2, 0.25) is 0 Å². The Labute approximate surface area is 177 Å². The third-order valence-electron chi connectivity index (χ3n) is 4.72. The van der Waals surface area contributed by atoms with Gasteiger partial charge in [0.15, 0.2) is 10.5 Å². The van der Waals surface area contributed by atoms with Gasteiger partial charge in [0.05, 0.1) is 11.0 Å². The molecule has 2 aromatic heterocycles. The second-order valence-electron chi connectivity index (χ2n) is 6.60. The van der Waals surface area contributed by atoms with Crippen molar-refractivity contribution in [3.8, 4) is 0 Å². The SMILES string of the molecule is CCN(CC)c1ccc(/C=C(\C)c2nc3nc4cc(Br)ccc4nc3s2)cc1. The molecule has 0 saturated heterocycles. The van der Waals surface area contributed by atoms with Crippen LogP contribution in [0, 0.1) is 0 Å². The zero-order chi connectivity index (χ0) is 19.7. The minimum Gasteiger partial charge on any atom is -0.372 e. The molecule has 28 heavy (non-hydrogen) atoms. The van der Waals surface area contributed by atoms with Crippen molar-refractivity contribution in [3.63, 3.8) is 0 Å². The van der Waals surface area contributed by atoms with Crippen LogP contribution in [0.3, 0.4) is 0 Å². The second kappa shape index (κ2) is 7.97. The summed E-state index contributed by atoms with van der Waals surface area (Å²) >= 11 is 5.07. The Balaban J connectivity index is 1.66. The van der Waals surface area contributed by atoms with E-state index in [1.165, 1.54) is 11.3 Å². The van der Waals surface area contributed by atoms with Gasteiger partial charge >= 0.3 is 0 Å². The van der Waals surface area contributed by atoms with Crippen LogP contribution in [0.4, 0.5) is 5.69 Å². The Hall–Kier alpha value is -2.31. The number of hydrogen-bond acceptors (Lipinski definition) is 5. The molecule has 0 radical (unpaired) electrons. The average molecular weight is 453 g/mol. The quantitative estimate of drug-likeness (QED) is 0.350. The third-order valence-corrected chi connectivity index (χ3v) is 6.29. The van der Waals surface area contributed by atoms with Crippen molar-refractivity contribution in [2.75, 3.05) is 18.0 Å². The molecule has 142 valence electrons. The molecule has 0 aliphatic carbocycles. The van der Waals surface area contributed by atoms with Gasteiger partial charge in [0.1, 0.15) is 5.01 Å². The molecule has 4 nitrogen and oxygen atoms in total. The zero-order valence-electron chi connectivity index (χ0n) is 16.1. The highest BCUT2D eigenvalue weighted by Crippen LogP contribution is 2.28. The molecule has 0 saturated carbocycles. The molecule has 2 aromatic carbocycles. The zero-order valence-corrected chi connectivity index (χ0v) is 18.5. The second-order valence-corrected chi connectivity index (χ2v) is 8.49. The Morgan fingerprint density at radius 1 is 1.00 bits per heavy atom. The number of aromatic nitrogens is 3. The fourth-order valence-corrected chi connectivity index (χ4v) is 4.42. The number of thiazole rings is 1. The molecule has 0 fully saturated rings. The summed E-state index contributed by atoms with van der Waals surface area (Å²) in [5, 5.41) is 0.956. The molecule has 0 bridgehead atoms. The van der Waals surface area contributed by atoms with Crippen molar-refractivity contribution in [3.05, 3.63) is 57.5 Å². The highest BCUT2D eigenvalue weighted by molar-refractivity contribution is 9.10. The van der Waals surface area contributed by atoms with Gasteiger partial charge in [0.25, 0.3) is 0 Å². The summed E-state index contributed by atoms with van der Waals surface area (Å²) in [5.74, 6) is 0. The van der Waals surface area contributed by atoms with E-state index in [0.717, 1.165) is 44.0 Å². The van der Waals surface area contributed by atoms with E-state index >= 15 is 0 Å². The molecule has 0 spiro atoms. The van der Waals surface area contributed by atoms with Crippen LogP contribution in [0.15, 0.2) is 46.9 Å². The van der Waals surface area contributed by atoms with E-state index < -0.39 is 0 Å². The lowest BCUT2D eigenvalue weighted by molar-refractivity contribution is 0.866. The van der Waals surface area contributed by atoms with Gasteiger partial charge in [-0.15, -0.1) is 0 Å². The first-order valence-corrected chi connectivity index (χ1v) is 11.0. The van der Waals surface area contributed by atoms with Crippen molar-refractivity contribution in [2.24, 2.45) is 0 Å². The average Bonchev–Trinajstić information content (AvgIpc) is 3.11. The summed E-state index contributed by atoms with van der Waals surface area (Å²) in [6, 6.07) is 14.6. The molecule has 0 aliphatic heterocycles. The normalized spacial score (nSPS) is 12.1. The number of nitrogens with zero attached hydrogens (tertiary/aromatic N) is 4. The number of halogens is 1. The molecule has 0 aliphatic rings. The van der Waals surface area contributed by atoms with E-state index in [-0.39, 0.29) is 0 Å². The standard InChI is InChI=1S/C22H21BrN4S/c1-4-27(5-2)17-9-6-15(7-10-17)12-14(3)21-26-20-22(28-21)25-18-11-8-16(23)13-19(18)24-20/h6-13H,4-5H2,1-3H3/b14-12+. The van der Waals surface area contributed by atoms with Crippen LogP contribution in [-0.4, -0.2) is 28.0 Å². The van der Waals surface area contributed by atoms with Crippen molar-refractivity contribution in [1.29, 1.82) is 0 Å². The smallest absolute Gasteiger partial charge is 0.190 e. The van der Waals surface area contributed by atoms with Crippen molar-refractivity contribution in [1.82, 2.24) is 15.0 Å². The maximum Gasteiger partial charge on any atom is 0.190 e. The number of hydrogen-bond donors (Lipinski definition) is 0. The first kappa shape index (κ1) is 19.0. The van der Waals surface area contributed by atoms with Crippen molar-refractivity contribution >= 4 is 66.1 Å². The van der Waals surface area contributed by atoms with Crippen LogP contribution < -0.4 is 4.90 Å². The number of benzene rings is 2. The fourth-order valence-electron chi connectivity index (χ4n) is 3.20. The van der Waals surface area contributed by atoms with E-state index in [9.17, 15) is 0 Å². The van der Waals surface area contributed by atoms with Gasteiger partial charge < -0.3 is 4.90 Å². The largest absolute Gasteiger partial charge is 0.372 e. The first-order chi connectivity index (χ1) is 13.6. The Morgan fingerprint density at radius 3 is 2.46 bits per heavy atom. The van der Waals surface area contributed by atoms with Crippen molar-refractivity contribution < 1.29 is 0 Å². The van der Waals surface area contributed by atoms with E-state index in [1.54, 1.807) is 11.3 Å². The fraction of sp³-hybridized carbons (Fsp3) is 0.227. The van der Waals surface area contributed by atoms with E-state index in [2.05, 4.69) is 76.9 Å². The van der Waals surface area contributed by atoms with E-state index in [4.69, 9.17) is 9.97 Å². The molecule has 6 heteroatoms. The predicted molar refractivity (Wildman–Crippen MR) is 124 cm³/mol. The third kappa shape index (κ3) is 3.80. The Kier molecular flexibility index (Phi) is 5.42. The Morgan fingerprint density at radius 2 is 1.75 bits per heavy atom. The van der Waals surface area contributed by atoms with Crippen LogP contribution in [0.5, 0.6) is 0 Å². The lowest BCUT2D eigenvalue weighted by Gasteiger charge is -2.20. The predicted octanol–water partition coefficient (Wildman–Crippen LogP) is 6.41. The monoisotopic (exact) mass is 452 g/mol. The molecular weight excluding hydrogens is 432 g/mol. The summed E-state index contributed by atoms with van der Waals surface area (Å²) in [7, 11) is 0. The lowest BCUT2D eigenvalue weighted by atomic mass is 10.1. The summed E-state index contributed by atoms with van der Waals surface area (Å²) in [4.78, 5) is 17.3. The minimum atomic E-state index is 0.704. The molecule has 4 rings (SSSR count). The van der Waals surface area contributed by atoms with Gasteiger partial charge in [0, 0.05) is 23.2 Å². The van der Waals surface area contributed by atoms with Crippen LogP contribution in [0.1, 0.15) is 31.3 Å². The molecule has 0 atom stereocenters. The van der Waals surface area contributed by atoms with Gasteiger partial charge in [-0.3, -0.25) is 0 Å². The van der Waals surface area contributed by atoms with E-state index in [0.29, 0.717) is 5.65 Å². The summed E-state index contributed by atoms with van der Waals surface area (Å²) in [5.41, 5.74) is 5.99. The molecule has 0 amide bonds. The molecule has 4 aromatic rings. The number of fused-ring (bicyclic) bond motifs is 2. The van der Waals surface area contributed by atoms with Gasteiger partial charge in [-0.1, -0.05) is 39.4 Å². The van der Waals surface area contributed by atoms with E-state index in [1.807, 2.05) is 18.2 Å². The van der Waals surface area contributed by atoms with Gasteiger partial charge in [-0.25, -0.2) is 15.0 Å². The molecule has 2 heterocycles. The van der Waals surface area contributed by atoms with Crippen LogP contribution >= 0.6 is 27.3 Å². The summed E-state index contributed by atoms with van der Waals surface area (Å²) in [6.45, 7) is 8.48. The topological polar surface area (TPSA) is 41.9 Å². The number of allylic oxidation sites excluding steroid dienone is 1. The van der Waals surface area contributed by atoms with Gasteiger partial charge in [-0.2, -0.15) is 0 Å². The van der Waals surface area contributed by atoms with Crippen LogP contribution in [-0.2, 0) is 0 Å².